The Kier molecular flexibility index (Phi) is 5.62. The summed E-state index contributed by atoms with van der Waals surface area (Å²) in [6.07, 6.45) is 1.38. The molecular formula is C24H23F2N5O4. The third-order valence-corrected chi connectivity index (χ3v) is 6.51. The number of halogens is 2. The molecule has 0 spiro atoms. The molecule has 4 heterocycles. The van der Waals surface area contributed by atoms with Crippen molar-refractivity contribution in [3.8, 4) is 22.9 Å². The first-order chi connectivity index (χ1) is 16.8. The second-order valence-electron chi connectivity index (χ2n) is 8.69. The number of ether oxygens (including phenoxy) is 2. The minimum atomic E-state index is -0.886. The van der Waals surface area contributed by atoms with Crippen LogP contribution in [0.5, 0.6) is 11.6 Å². The molecule has 182 valence electrons. The van der Waals surface area contributed by atoms with Gasteiger partial charge in [-0.25, -0.2) is 18.6 Å². The van der Waals surface area contributed by atoms with Crippen LogP contribution in [0.1, 0.15) is 22.3 Å². The zero-order valence-corrected chi connectivity index (χ0v) is 19.1. The summed E-state index contributed by atoms with van der Waals surface area (Å²) in [6, 6.07) is 7.46. The number of aryl methyl sites for hydroxylation is 1. The zero-order chi connectivity index (χ0) is 24.7. The number of fused-ring (bicyclic) bond motifs is 3. The Morgan fingerprint density at radius 3 is 2.91 bits per heavy atom. The molecule has 9 nitrogen and oxygen atoms in total. The van der Waals surface area contributed by atoms with Gasteiger partial charge in [0.2, 0.25) is 5.88 Å². The average Bonchev–Trinajstić information content (AvgIpc) is 3.24. The van der Waals surface area contributed by atoms with Gasteiger partial charge in [-0.1, -0.05) is 6.07 Å². The van der Waals surface area contributed by atoms with Crippen LogP contribution >= 0.6 is 0 Å². The first-order valence-corrected chi connectivity index (χ1v) is 11.0. The molecule has 0 bridgehead atoms. The Balaban J connectivity index is 1.44. The SMILES string of the molecule is COC(=O)c1cnc(O[C@H]2CN3c4cc(-c5cccc(F)c5O)nnc4NC[C@@]3(CF)C2)cc1C. The molecule has 11 heteroatoms. The fourth-order valence-corrected chi connectivity index (χ4v) is 4.67. The molecule has 2 aromatic heterocycles. The predicted octanol–water partition coefficient (Wildman–Crippen LogP) is 3.27. The highest BCUT2D eigenvalue weighted by atomic mass is 19.1. The highest BCUT2D eigenvalue weighted by Crippen LogP contribution is 2.44. The monoisotopic (exact) mass is 483 g/mol. The number of benzene rings is 1. The molecule has 2 aliphatic rings. The topological polar surface area (TPSA) is 110 Å². The Bertz CT molecular complexity index is 1310. The number of pyridine rings is 1. The van der Waals surface area contributed by atoms with Crippen LogP contribution in [-0.2, 0) is 4.74 Å². The highest BCUT2D eigenvalue weighted by Gasteiger charge is 2.50. The molecule has 1 fully saturated rings. The third kappa shape index (κ3) is 3.86. The third-order valence-electron chi connectivity index (χ3n) is 6.51. The lowest BCUT2D eigenvalue weighted by molar-refractivity contribution is 0.0599. The number of nitrogens with zero attached hydrogens (tertiary/aromatic N) is 4. The fraction of sp³-hybridized carbons (Fsp3) is 0.333. The van der Waals surface area contributed by atoms with Crippen molar-refractivity contribution in [3.63, 3.8) is 0 Å². The zero-order valence-electron chi connectivity index (χ0n) is 19.1. The number of aromatic hydroxyl groups is 1. The number of anilines is 2. The van der Waals surface area contributed by atoms with Gasteiger partial charge in [0.15, 0.2) is 17.4 Å². The van der Waals surface area contributed by atoms with Crippen molar-refractivity contribution in [2.75, 3.05) is 37.1 Å². The largest absolute Gasteiger partial charge is 0.504 e. The van der Waals surface area contributed by atoms with Crippen LogP contribution in [0.15, 0.2) is 36.5 Å². The number of alkyl halides is 1. The fourth-order valence-electron chi connectivity index (χ4n) is 4.67. The Morgan fingerprint density at radius 2 is 2.17 bits per heavy atom. The Labute approximate surface area is 199 Å². The van der Waals surface area contributed by atoms with Gasteiger partial charge in [0, 0.05) is 30.8 Å². The molecule has 1 saturated heterocycles. The molecule has 5 rings (SSSR count). The van der Waals surface area contributed by atoms with E-state index in [0.29, 0.717) is 48.0 Å². The first kappa shape index (κ1) is 22.8. The number of carbonyl (C=O) groups is 1. The highest BCUT2D eigenvalue weighted by molar-refractivity contribution is 5.90. The summed E-state index contributed by atoms with van der Waals surface area (Å²) in [6.45, 7) is 1.75. The van der Waals surface area contributed by atoms with Crippen LogP contribution in [0.4, 0.5) is 20.3 Å². The van der Waals surface area contributed by atoms with E-state index in [2.05, 4.69) is 20.5 Å². The lowest BCUT2D eigenvalue weighted by atomic mass is 9.94. The second-order valence-corrected chi connectivity index (χ2v) is 8.69. The number of nitrogens with one attached hydrogen (secondary N) is 1. The molecule has 2 atom stereocenters. The molecule has 2 aliphatic heterocycles. The quantitative estimate of drug-likeness (QED) is 0.529. The molecule has 0 unspecified atom stereocenters. The molecule has 2 N–H and O–H groups in total. The number of phenols is 1. The van der Waals surface area contributed by atoms with Crippen molar-refractivity contribution in [2.45, 2.75) is 25.0 Å². The van der Waals surface area contributed by atoms with Crippen molar-refractivity contribution in [1.29, 1.82) is 0 Å². The molecule has 35 heavy (non-hydrogen) atoms. The normalized spacial score (nSPS) is 20.6. The summed E-state index contributed by atoms with van der Waals surface area (Å²) < 4.78 is 39.2. The number of phenolic OH excluding ortho intramolecular Hbond substituents is 1. The van der Waals surface area contributed by atoms with Crippen LogP contribution in [0.3, 0.4) is 0 Å². The van der Waals surface area contributed by atoms with Crippen molar-refractivity contribution in [3.05, 3.63) is 53.5 Å². The van der Waals surface area contributed by atoms with E-state index in [1.165, 1.54) is 25.4 Å². The summed E-state index contributed by atoms with van der Waals surface area (Å²) >= 11 is 0. The number of hydrogen-bond acceptors (Lipinski definition) is 9. The van der Waals surface area contributed by atoms with Gasteiger partial charge in [-0.05, 0) is 30.7 Å². The Hall–Kier alpha value is -4.02. The van der Waals surface area contributed by atoms with Crippen LogP contribution in [0.25, 0.3) is 11.3 Å². The van der Waals surface area contributed by atoms with Crippen molar-refractivity contribution >= 4 is 17.5 Å². The van der Waals surface area contributed by atoms with Crippen molar-refractivity contribution in [2.24, 2.45) is 0 Å². The van der Waals surface area contributed by atoms with Gasteiger partial charge in [0.25, 0.3) is 0 Å². The molecule has 0 aliphatic carbocycles. The van der Waals surface area contributed by atoms with Gasteiger partial charge < -0.3 is 24.8 Å². The van der Waals surface area contributed by atoms with Gasteiger partial charge >= 0.3 is 5.97 Å². The van der Waals surface area contributed by atoms with Crippen molar-refractivity contribution < 1.29 is 28.2 Å². The van der Waals surface area contributed by atoms with Crippen LogP contribution in [0.2, 0.25) is 0 Å². The van der Waals surface area contributed by atoms with E-state index < -0.39 is 35.9 Å². The number of aromatic nitrogens is 3. The standard InChI is InChI=1S/C24H23F2N5O4/c1-13-6-20(27-9-16(13)23(33)34-2)35-14-8-24(11-25)12-28-22-19(31(24)10-14)7-18(29-30-22)15-4-3-5-17(26)21(15)32/h3-7,9,14,32H,8,10-12H2,1-2H3,(H,28,30)/t14-,24+/m1/s1. The predicted molar refractivity (Wildman–Crippen MR) is 123 cm³/mol. The summed E-state index contributed by atoms with van der Waals surface area (Å²) in [5.74, 6) is -0.998. The number of carbonyl (C=O) groups excluding carboxylic acids is 1. The van der Waals surface area contributed by atoms with E-state index in [0.717, 1.165) is 6.07 Å². The lowest BCUT2D eigenvalue weighted by Gasteiger charge is -2.42. The van der Waals surface area contributed by atoms with Crippen LogP contribution in [0, 0.1) is 12.7 Å². The molecule has 0 saturated carbocycles. The van der Waals surface area contributed by atoms with E-state index in [9.17, 15) is 18.7 Å². The smallest absolute Gasteiger partial charge is 0.339 e. The molecule has 0 radical (unpaired) electrons. The van der Waals surface area contributed by atoms with Crippen LogP contribution in [-0.4, -0.2) is 64.8 Å². The van der Waals surface area contributed by atoms with Crippen molar-refractivity contribution in [1.82, 2.24) is 15.2 Å². The molecule has 1 aromatic carbocycles. The summed E-state index contributed by atoms with van der Waals surface area (Å²) in [7, 11) is 1.30. The number of rotatable bonds is 5. The second kappa shape index (κ2) is 8.64. The number of esters is 1. The van der Waals surface area contributed by atoms with Gasteiger partial charge in [-0.2, -0.15) is 0 Å². The summed E-state index contributed by atoms with van der Waals surface area (Å²) in [5.41, 5.74) is 1.14. The minimum Gasteiger partial charge on any atom is -0.504 e. The average molecular weight is 483 g/mol. The maximum absolute atomic E-state index is 14.5. The van der Waals surface area contributed by atoms with E-state index in [1.54, 1.807) is 19.1 Å². The van der Waals surface area contributed by atoms with Crippen LogP contribution < -0.4 is 15.0 Å². The molecular weight excluding hydrogens is 460 g/mol. The summed E-state index contributed by atoms with van der Waals surface area (Å²) in [4.78, 5) is 17.9. The minimum absolute atomic E-state index is 0.189. The number of para-hydroxylation sites is 1. The lowest BCUT2D eigenvalue weighted by Crippen LogP contribution is -2.54. The van der Waals surface area contributed by atoms with Gasteiger partial charge in [-0.15, -0.1) is 10.2 Å². The number of methoxy groups -OCH3 is 1. The van der Waals surface area contributed by atoms with E-state index in [1.807, 2.05) is 4.90 Å². The molecule has 3 aromatic rings. The maximum Gasteiger partial charge on any atom is 0.339 e. The molecule has 0 amide bonds. The van der Waals surface area contributed by atoms with E-state index >= 15 is 0 Å². The van der Waals surface area contributed by atoms with Gasteiger partial charge in [-0.3, -0.25) is 0 Å². The van der Waals surface area contributed by atoms with Gasteiger partial charge in [0.1, 0.15) is 12.8 Å². The van der Waals surface area contributed by atoms with Gasteiger partial charge in [0.05, 0.1) is 36.1 Å². The Morgan fingerprint density at radius 1 is 1.34 bits per heavy atom. The first-order valence-electron chi connectivity index (χ1n) is 11.0. The maximum atomic E-state index is 14.5. The number of hydrogen-bond donors (Lipinski definition) is 2. The summed E-state index contributed by atoms with van der Waals surface area (Å²) in [5, 5.41) is 21.6. The van der Waals surface area contributed by atoms with E-state index in [-0.39, 0.29) is 11.3 Å². The van der Waals surface area contributed by atoms with E-state index in [4.69, 9.17) is 9.47 Å².